The fraction of sp³-hybridized carbons (Fsp3) is 0.538. The summed E-state index contributed by atoms with van der Waals surface area (Å²) < 4.78 is 5.22. The van der Waals surface area contributed by atoms with Crippen molar-refractivity contribution in [2.45, 2.75) is 32.0 Å². The third-order valence-electron chi connectivity index (χ3n) is 3.06. The van der Waals surface area contributed by atoms with Crippen molar-refractivity contribution in [2.75, 3.05) is 13.2 Å². The van der Waals surface area contributed by atoms with Gasteiger partial charge < -0.3 is 15.2 Å². The monoisotopic (exact) mass is 221 g/mol. The van der Waals surface area contributed by atoms with Gasteiger partial charge in [0, 0.05) is 6.04 Å². The van der Waals surface area contributed by atoms with Crippen molar-refractivity contribution in [3.05, 3.63) is 35.4 Å². The second kappa shape index (κ2) is 4.95. The summed E-state index contributed by atoms with van der Waals surface area (Å²) in [5, 5.41) is 13.0. The van der Waals surface area contributed by atoms with E-state index in [0.29, 0.717) is 13.2 Å². The normalized spacial score (nSPS) is 26.9. The molecule has 1 heterocycles. The Bertz CT molecular complexity index is 354. The Kier molecular flexibility index (Phi) is 3.59. The minimum atomic E-state index is -0.382. The quantitative estimate of drug-likeness (QED) is 0.810. The molecule has 0 amide bonds. The van der Waals surface area contributed by atoms with Gasteiger partial charge in [0.1, 0.15) is 0 Å². The maximum Gasteiger partial charge on any atom is 0.0948 e. The molecule has 0 bridgehead atoms. The van der Waals surface area contributed by atoms with Gasteiger partial charge in [-0.25, -0.2) is 0 Å². The Labute approximate surface area is 96.4 Å². The van der Waals surface area contributed by atoms with E-state index in [-0.39, 0.29) is 18.2 Å². The van der Waals surface area contributed by atoms with Crippen LogP contribution in [0.15, 0.2) is 24.3 Å². The van der Waals surface area contributed by atoms with Crippen LogP contribution in [0.3, 0.4) is 0 Å². The lowest BCUT2D eigenvalue weighted by molar-refractivity contribution is 0.121. The van der Waals surface area contributed by atoms with E-state index in [2.05, 4.69) is 43.4 Å². The Morgan fingerprint density at radius 2 is 2.25 bits per heavy atom. The van der Waals surface area contributed by atoms with Gasteiger partial charge in [-0.1, -0.05) is 29.8 Å². The van der Waals surface area contributed by atoms with Crippen molar-refractivity contribution < 1.29 is 9.84 Å². The lowest BCUT2D eigenvalue weighted by Crippen LogP contribution is -2.40. The molecule has 2 rings (SSSR count). The van der Waals surface area contributed by atoms with Gasteiger partial charge in [0.25, 0.3) is 0 Å². The van der Waals surface area contributed by atoms with Crippen LogP contribution in [-0.4, -0.2) is 30.5 Å². The molecule has 3 nitrogen and oxygen atoms in total. The standard InChI is InChI=1S/C13H19NO2/c1-9-4-3-5-11(6-9)10(2)14-12-7-16-8-13(12)15/h3-6,10,12-15H,7-8H2,1-2H3/t10-,12?,13?/m1/s1. The van der Waals surface area contributed by atoms with E-state index in [1.807, 2.05) is 0 Å². The molecule has 88 valence electrons. The van der Waals surface area contributed by atoms with Crippen LogP contribution in [-0.2, 0) is 4.74 Å². The van der Waals surface area contributed by atoms with Crippen LogP contribution in [0.2, 0.25) is 0 Å². The van der Waals surface area contributed by atoms with Gasteiger partial charge in [-0.15, -0.1) is 0 Å². The Morgan fingerprint density at radius 3 is 2.88 bits per heavy atom. The molecule has 1 aliphatic heterocycles. The van der Waals surface area contributed by atoms with Crippen molar-refractivity contribution >= 4 is 0 Å². The molecule has 0 saturated carbocycles. The number of benzene rings is 1. The molecule has 1 aromatic carbocycles. The maximum absolute atomic E-state index is 9.65. The lowest BCUT2D eigenvalue weighted by Gasteiger charge is -2.21. The average molecular weight is 221 g/mol. The van der Waals surface area contributed by atoms with Crippen LogP contribution in [0.4, 0.5) is 0 Å². The number of hydrogen-bond donors (Lipinski definition) is 2. The maximum atomic E-state index is 9.65. The van der Waals surface area contributed by atoms with Gasteiger partial charge in [0.2, 0.25) is 0 Å². The van der Waals surface area contributed by atoms with Crippen molar-refractivity contribution in [3.8, 4) is 0 Å². The van der Waals surface area contributed by atoms with Crippen LogP contribution in [0.5, 0.6) is 0 Å². The fourth-order valence-electron chi connectivity index (χ4n) is 2.06. The number of aliphatic hydroxyl groups is 1. The molecule has 1 aliphatic rings. The Balaban J connectivity index is 1.99. The molecular weight excluding hydrogens is 202 g/mol. The highest BCUT2D eigenvalue weighted by Gasteiger charge is 2.27. The molecule has 0 aliphatic carbocycles. The van der Waals surface area contributed by atoms with Crippen LogP contribution < -0.4 is 5.32 Å². The van der Waals surface area contributed by atoms with Crippen molar-refractivity contribution in [2.24, 2.45) is 0 Å². The molecule has 0 spiro atoms. The molecule has 16 heavy (non-hydrogen) atoms. The molecule has 0 aromatic heterocycles. The summed E-state index contributed by atoms with van der Waals surface area (Å²) >= 11 is 0. The van der Waals surface area contributed by atoms with E-state index in [9.17, 15) is 5.11 Å². The number of aryl methyl sites for hydroxylation is 1. The summed E-state index contributed by atoms with van der Waals surface area (Å²) in [7, 11) is 0. The first-order valence-electron chi connectivity index (χ1n) is 5.75. The second-order valence-electron chi connectivity index (χ2n) is 4.51. The highest BCUT2D eigenvalue weighted by Crippen LogP contribution is 2.16. The summed E-state index contributed by atoms with van der Waals surface area (Å²) in [5.74, 6) is 0. The molecular formula is C13H19NO2. The van der Waals surface area contributed by atoms with Gasteiger partial charge in [0.05, 0.1) is 25.4 Å². The topological polar surface area (TPSA) is 41.5 Å². The zero-order valence-corrected chi connectivity index (χ0v) is 9.81. The summed E-state index contributed by atoms with van der Waals surface area (Å²) in [6, 6.07) is 8.71. The predicted molar refractivity (Wildman–Crippen MR) is 63.3 cm³/mol. The highest BCUT2D eigenvalue weighted by atomic mass is 16.5. The molecule has 0 radical (unpaired) electrons. The molecule has 2 N–H and O–H groups in total. The van der Waals surface area contributed by atoms with E-state index < -0.39 is 0 Å². The van der Waals surface area contributed by atoms with Gasteiger partial charge in [0.15, 0.2) is 0 Å². The molecule has 1 fully saturated rings. The second-order valence-corrected chi connectivity index (χ2v) is 4.51. The number of hydrogen-bond acceptors (Lipinski definition) is 3. The third-order valence-corrected chi connectivity index (χ3v) is 3.06. The average Bonchev–Trinajstić information content (AvgIpc) is 2.64. The van der Waals surface area contributed by atoms with Crippen LogP contribution in [0.1, 0.15) is 24.1 Å². The van der Waals surface area contributed by atoms with Crippen LogP contribution in [0, 0.1) is 6.92 Å². The van der Waals surface area contributed by atoms with Crippen LogP contribution >= 0.6 is 0 Å². The van der Waals surface area contributed by atoms with Crippen molar-refractivity contribution in [1.82, 2.24) is 5.32 Å². The zero-order chi connectivity index (χ0) is 11.5. The molecule has 1 aromatic rings. The van der Waals surface area contributed by atoms with Gasteiger partial charge in [-0.3, -0.25) is 0 Å². The minimum Gasteiger partial charge on any atom is -0.389 e. The first kappa shape index (κ1) is 11.6. The smallest absolute Gasteiger partial charge is 0.0948 e. The summed E-state index contributed by atoms with van der Waals surface area (Å²) in [5.41, 5.74) is 2.51. The van der Waals surface area contributed by atoms with E-state index in [0.717, 1.165) is 0 Å². The molecule has 2 unspecified atom stereocenters. The van der Waals surface area contributed by atoms with E-state index >= 15 is 0 Å². The largest absolute Gasteiger partial charge is 0.389 e. The summed E-state index contributed by atoms with van der Waals surface area (Å²) in [6.45, 7) is 5.24. The molecule has 1 saturated heterocycles. The summed E-state index contributed by atoms with van der Waals surface area (Å²) in [4.78, 5) is 0. The van der Waals surface area contributed by atoms with Gasteiger partial charge in [-0.2, -0.15) is 0 Å². The minimum absolute atomic E-state index is 0.0514. The fourth-order valence-corrected chi connectivity index (χ4v) is 2.06. The van der Waals surface area contributed by atoms with E-state index in [4.69, 9.17) is 4.74 Å². The predicted octanol–water partition coefficient (Wildman–Crippen LogP) is 1.41. The van der Waals surface area contributed by atoms with E-state index in [1.165, 1.54) is 11.1 Å². The molecule has 3 heteroatoms. The van der Waals surface area contributed by atoms with Gasteiger partial charge in [-0.05, 0) is 19.4 Å². The summed E-state index contributed by atoms with van der Waals surface area (Å²) in [6.07, 6.45) is -0.382. The van der Waals surface area contributed by atoms with Crippen molar-refractivity contribution in [1.29, 1.82) is 0 Å². The van der Waals surface area contributed by atoms with Gasteiger partial charge >= 0.3 is 0 Å². The molecule has 3 atom stereocenters. The zero-order valence-electron chi connectivity index (χ0n) is 9.81. The number of ether oxygens (including phenoxy) is 1. The highest BCUT2D eigenvalue weighted by molar-refractivity contribution is 5.24. The lowest BCUT2D eigenvalue weighted by atomic mass is 10.0. The number of aliphatic hydroxyl groups excluding tert-OH is 1. The first-order chi connectivity index (χ1) is 7.66. The number of nitrogens with one attached hydrogen (secondary N) is 1. The number of rotatable bonds is 3. The van der Waals surface area contributed by atoms with Crippen LogP contribution in [0.25, 0.3) is 0 Å². The van der Waals surface area contributed by atoms with Crippen molar-refractivity contribution in [3.63, 3.8) is 0 Å². The Morgan fingerprint density at radius 1 is 1.44 bits per heavy atom. The SMILES string of the molecule is Cc1cccc([C@@H](C)NC2COCC2O)c1. The Hall–Kier alpha value is -0.900. The third kappa shape index (κ3) is 2.61. The van der Waals surface area contributed by atoms with E-state index in [1.54, 1.807) is 0 Å². The first-order valence-corrected chi connectivity index (χ1v) is 5.75.